The molecule has 1 unspecified atom stereocenters. The van der Waals surface area contributed by atoms with Crippen LogP contribution in [0, 0.1) is 5.92 Å². The lowest BCUT2D eigenvalue weighted by atomic mass is 9.82. The molecule has 1 saturated heterocycles. The largest absolute Gasteiger partial charge is 0.497 e. The van der Waals surface area contributed by atoms with Crippen LogP contribution in [0.4, 0.5) is 5.69 Å². The van der Waals surface area contributed by atoms with Crippen LogP contribution in [0.15, 0.2) is 79.0 Å². The summed E-state index contributed by atoms with van der Waals surface area (Å²) in [5.41, 5.74) is 2.24. The summed E-state index contributed by atoms with van der Waals surface area (Å²) >= 11 is 6.46. The van der Waals surface area contributed by atoms with Crippen LogP contribution in [0.2, 0.25) is 23.7 Å². The highest BCUT2D eigenvalue weighted by Gasteiger charge is 2.64. The number of carbonyl (C=O) groups excluding carboxylic acids is 1. The Kier molecular flexibility index (Phi) is 7.93. The van der Waals surface area contributed by atoms with Crippen molar-refractivity contribution in [2.45, 2.75) is 56.1 Å². The normalized spacial score (nSPS) is 23.8. The van der Waals surface area contributed by atoms with Gasteiger partial charge in [-0.1, -0.05) is 84.5 Å². The first-order valence-corrected chi connectivity index (χ1v) is 18.1. The van der Waals surface area contributed by atoms with Gasteiger partial charge in [0.2, 0.25) is 0 Å². The van der Waals surface area contributed by atoms with Gasteiger partial charge < -0.3 is 19.9 Å². The third-order valence-electron chi connectivity index (χ3n) is 9.49. The highest BCUT2D eigenvalue weighted by molar-refractivity contribution is 6.91. The lowest BCUT2D eigenvalue weighted by Gasteiger charge is -2.37. The van der Waals surface area contributed by atoms with Crippen molar-refractivity contribution < 1.29 is 19.4 Å². The van der Waals surface area contributed by atoms with Crippen LogP contribution in [-0.4, -0.2) is 53.9 Å². The number of rotatable bonds is 9. The minimum atomic E-state index is -2.24. The number of hydrogen-bond donors (Lipinski definition) is 2. The highest BCUT2D eigenvalue weighted by Crippen LogP contribution is 2.58. The smallest absolute Gasteiger partial charge is 0.261 e. The third kappa shape index (κ3) is 5.08. The van der Waals surface area contributed by atoms with Crippen LogP contribution in [0.25, 0.3) is 0 Å². The van der Waals surface area contributed by atoms with E-state index < -0.39 is 13.7 Å². The van der Waals surface area contributed by atoms with Crippen molar-refractivity contribution in [3.8, 4) is 5.75 Å². The number of amides is 1. The summed E-state index contributed by atoms with van der Waals surface area (Å²) in [6.45, 7) is 7.36. The van der Waals surface area contributed by atoms with Crippen molar-refractivity contribution in [2.75, 3.05) is 19.0 Å². The fraction of sp³-hybridized carbons (Fsp3) is 0.364. The van der Waals surface area contributed by atoms with E-state index in [1.165, 1.54) is 5.19 Å². The molecule has 2 aliphatic rings. The Bertz CT molecular complexity index is 1610. The van der Waals surface area contributed by atoms with E-state index >= 15 is 0 Å². The molecule has 3 heterocycles. The van der Waals surface area contributed by atoms with E-state index in [1.54, 1.807) is 13.2 Å². The Morgan fingerprint density at radius 3 is 2.58 bits per heavy atom. The Morgan fingerprint density at radius 2 is 1.88 bits per heavy atom. The number of aromatic nitrogens is 3. The Labute approximate surface area is 258 Å². The summed E-state index contributed by atoms with van der Waals surface area (Å²) in [6.07, 6.45) is 2.33. The average Bonchev–Trinajstić information content (AvgIpc) is 3.68. The molecule has 1 spiro atoms. The van der Waals surface area contributed by atoms with E-state index in [-0.39, 0.29) is 36.0 Å². The number of anilines is 1. The Hall–Kier alpha value is -3.50. The second-order valence-corrected chi connectivity index (χ2v) is 17.3. The first kappa shape index (κ1) is 29.6. The van der Waals surface area contributed by atoms with Gasteiger partial charge in [0.25, 0.3) is 5.91 Å². The molecular formula is C33H37ClN4O4Si. The van der Waals surface area contributed by atoms with Gasteiger partial charge >= 0.3 is 0 Å². The number of nitrogens with one attached hydrogen (secondary N) is 1. The second kappa shape index (κ2) is 11.5. The molecule has 6 rings (SSSR count). The maximum atomic E-state index is 13.8. The summed E-state index contributed by atoms with van der Waals surface area (Å²) in [4.78, 5) is 13.8. The molecule has 0 saturated carbocycles. The Balaban J connectivity index is 1.33. The third-order valence-corrected chi connectivity index (χ3v) is 14.1. The first-order valence-electron chi connectivity index (χ1n) is 14.7. The molecule has 5 atom stereocenters. The number of aliphatic hydroxyl groups is 1. The van der Waals surface area contributed by atoms with Gasteiger partial charge in [0.05, 0.1) is 39.5 Å². The zero-order chi connectivity index (χ0) is 30.4. The Morgan fingerprint density at radius 1 is 1.14 bits per heavy atom. The predicted molar refractivity (Wildman–Crippen MR) is 170 cm³/mol. The van der Waals surface area contributed by atoms with Crippen LogP contribution in [0.5, 0.6) is 5.75 Å². The molecule has 1 aromatic heterocycles. The number of aryl methyl sites for hydroxylation is 1. The molecule has 1 amide bonds. The number of benzene rings is 3. The molecular weight excluding hydrogens is 580 g/mol. The van der Waals surface area contributed by atoms with Gasteiger partial charge in [-0.2, -0.15) is 0 Å². The number of nitrogens with zero attached hydrogens (tertiary/aromatic N) is 3. The summed E-state index contributed by atoms with van der Waals surface area (Å²) < 4.78 is 14.2. The lowest BCUT2D eigenvalue weighted by Crippen LogP contribution is -2.51. The highest BCUT2D eigenvalue weighted by atomic mass is 35.5. The minimum Gasteiger partial charge on any atom is -0.497 e. The van der Waals surface area contributed by atoms with E-state index in [4.69, 9.17) is 21.1 Å². The number of hydrogen-bond acceptors (Lipinski definition) is 6. The molecule has 0 aliphatic carbocycles. The standard InChI is InChI=1S/C33H37ClN4O4Si/c1-21-31(43(3,4)25-13-11-24(41-2)12-14-25)30(42-33(21)27-18-23(34)10-15-28(27)35-32(33)40)16-17-38-19-29(36-37-38)26(20-39)22-8-6-5-7-9-22/h5-15,18-19,21,26,30-31,39H,16-17,20H2,1-4H3,(H,35,40)/t21-,26?,30+,31-,33+/m1/s1. The van der Waals surface area contributed by atoms with E-state index in [9.17, 15) is 9.90 Å². The molecule has 2 N–H and O–H groups in total. The molecule has 4 aromatic rings. The van der Waals surface area contributed by atoms with E-state index in [0.717, 1.165) is 22.6 Å². The summed E-state index contributed by atoms with van der Waals surface area (Å²) in [6, 6.07) is 23.7. The molecule has 3 aromatic carbocycles. The monoisotopic (exact) mass is 616 g/mol. The van der Waals surface area contributed by atoms with Crippen molar-refractivity contribution in [3.63, 3.8) is 0 Å². The van der Waals surface area contributed by atoms with Crippen molar-refractivity contribution >= 4 is 36.5 Å². The molecule has 224 valence electrons. The van der Waals surface area contributed by atoms with Gasteiger partial charge in [-0.3, -0.25) is 9.48 Å². The van der Waals surface area contributed by atoms with E-state index in [0.29, 0.717) is 23.7 Å². The number of fused-ring (bicyclic) bond motifs is 2. The quantitative estimate of drug-likeness (QED) is 0.247. The van der Waals surface area contributed by atoms with Gasteiger partial charge in [0.1, 0.15) is 5.75 Å². The maximum Gasteiger partial charge on any atom is 0.261 e. The number of methoxy groups -OCH3 is 1. The van der Waals surface area contributed by atoms with Crippen molar-refractivity contribution in [2.24, 2.45) is 5.92 Å². The summed E-state index contributed by atoms with van der Waals surface area (Å²) in [5, 5.41) is 23.9. The molecule has 8 nitrogen and oxygen atoms in total. The van der Waals surface area contributed by atoms with Gasteiger partial charge in [-0.25, -0.2) is 0 Å². The summed E-state index contributed by atoms with van der Waals surface area (Å²) in [7, 11) is -0.569. The van der Waals surface area contributed by atoms with E-state index in [2.05, 4.69) is 47.8 Å². The fourth-order valence-electron chi connectivity index (χ4n) is 7.27. The van der Waals surface area contributed by atoms with Crippen LogP contribution in [-0.2, 0) is 21.7 Å². The predicted octanol–water partition coefficient (Wildman–Crippen LogP) is 5.32. The zero-order valence-electron chi connectivity index (χ0n) is 24.8. The van der Waals surface area contributed by atoms with Gasteiger partial charge in [0.15, 0.2) is 5.60 Å². The maximum absolute atomic E-state index is 13.8. The lowest BCUT2D eigenvalue weighted by molar-refractivity contribution is -0.143. The number of carbonyl (C=O) groups is 1. The molecule has 10 heteroatoms. The van der Waals surface area contributed by atoms with Crippen LogP contribution < -0.4 is 15.2 Å². The molecule has 2 aliphatic heterocycles. The number of halogens is 1. The molecule has 0 bridgehead atoms. The van der Waals surface area contributed by atoms with E-state index in [1.807, 2.05) is 65.5 Å². The van der Waals surface area contributed by atoms with Gasteiger partial charge in [-0.15, -0.1) is 5.10 Å². The SMILES string of the molecule is COc1ccc([Si](C)(C)[C@H]2[C@H](CCn3cc(C(CO)c4ccccc4)nn3)O[C@@]3(C(=O)Nc4ccc(Cl)cc43)[C@@H]2C)cc1. The van der Waals surface area contributed by atoms with Crippen molar-refractivity contribution in [3.05, 3.63) is 101 Å². The second-order valence-electron chi connectivity index (χ2n) is 12.1. The number of ether oxygens (including phenoxy) is 2. The number of aliphatic hydroxyl groups excluding tert-OH is 1. The fourth-order valence-corrected chi connectivity index (χ4v) is 11.5. The summed E-state index contributed by atoms with van der Waals surface area (Å²) in [5.74, 6) is 0.318. The van der Waals surface area contributed by atoms with Crippen LogP contribution in [0.1, 0.15) is 36.1 Å². The molecule has 1 fully saturated rings. The van der Waals surface area contributed by atoms with Crippen LogP contribution >= 0.6 is 11.6 Å². The van der Waals surface area contributed by atoms with Crippen molar-refractivity contribution in [1.82, 2.24) is 15.0 Å². The van der Waals surface area contributed by atoms with Crippen molar-refractivity contribution in [1.29, 1.82) is 0 Å². The minimum absolute atomic E-state index is 0.0602. The van der Waals surface area contributed by atoms with Gasteiger partial charge in [-0.05, 0) is 47.9 Å². The van der Waals surface area contributed by atoms with Crippen LogP contribution in [0.3, 0.4) is 0 Å². The topological polar surface area (TPSA) is 98.5 Å². The van der Waals surface area contributed by atoms with Gasteiger partial charge in [0, 0.05) is 34.9 Å². The first-order chi connectivity index (χ1) is 20.7. The average molecular weight is 617 g/mol. The molecule has 0 radical (unpaired) electrons. The molecule has 43 heavy (non-hydrogen) atoms. The zero-order valence-corrected chi connectivity index (χ0v) is 26.6.